The summed E-state index contributed by atoms with van der Waals surface area (Å²) >= 11 is 14.4. The molecule has 0 fully saturated rings. The highest BCUT2D eigenvalue weighted by Crippen LogP contribution is 2.25. The molecule has 0 radical (unpaired) electrons. The molecule has 1 aromatic heterocycles. The molecule has 9 heteroatoms. The summed E-state index contributed by atoms with van der Waals surface area (Å²) in [7, 11) is 0. The van der Waals surface area contributed by atoms with Crippen molar-refractivity contribution in [3.8, 4) is 0 Å². The maximum Gasteiger partial charge on any atom is 0.293 e. The lowest BCUT2D eigenvalue weighted by molar-refractivity contribution is -0.116. The molecule has 0 aliphatic carbocycles. The Morgan fingerprint density at radius 1 is 1.24 bits per heavy atom. The number of hydrogen-bond acceptors (Lipinski definition) is 4. The predicted octanol–water partition coefficient (Wildman–Crippen LogP) is 4.56. The molecule has 6 nitrogen and oxygen atoms in total. The molecule has 0 saturated heterocycles. The van der Waals surface area contributed by atoms with Crippen LogP contribution in [0.5, 0.6) is 0 Å². The van der Waals surface area contributed by atoms with Crippen LogP contribution in [0.2, 0.25) is 5.02 Å². The van der Waals surface area contributed by atoms with Crippen LogP contribution < -0.4 is 16.0 Å². The Labute approximate surface area is 163 Å². The molecule has 0 atom stereocenters. The molecule has 1 heterocycles. The van der Waals surface area contributed by atoms with Gasteiger partial charge in [-0.2, -0.15) is 0 Å². The van der Waals surface area contributed by atoms with Crippen molar-refractivity contribution in [1.82, 2.24) is 5.32 Å². The smallest absolute Gasteiger partial charge is 0.293 e. The topological polar surface area (TPSA) is 83.4 Å². The molecule has 132 valence electrons. The number of amides is 2. The molecule has 0 saturated carbocycles. The van der Waals surface area contributed by atoms with Crippen molar-refractivity contribution in [2.75, 3.05) is 10.6 Å². The van der Waals surface area contributed by atoms with E-state index in [1.807, 2.05) is 6.92 Å². The minimum Gasteiger partial charge on any atom is -0.444 e. The van der Waals surface area contributed by atoms with Gasteiger partial charge in [0.05, 0.1) is 10.7 Å². The van der Waals surface area contributed by atoms with Gasteiger partial charge in [-0.15, -0.1) is 0 Å². The standard InChI is InChI=1S/C16H15BrClN3O3S/c1-2-3-14(22)19-9-4-5-10(18)11(8-9)20-16(25)21-15(23)12-6-7-13(17)24-12/h4-8H,2-3H2,1H3,(H,19,22)(H2,20,21,23,25). The van der Waals surface area contributed by atoms with Crippen molar-refractivity contribution < 1.29 is 14.0 Å². The van der Waals surface area contributed by atoms with Crippen molar-refractivity contribution in [3.63, 3.8) is 0 Å². The summed E-state index contributed by atoms with van der Waals surface area (Å²) in [6.45, 7) is 1.92. The number of benzene rings is 1. The number of hydrogen-bond donors (Lipinski definition) is 3. The average molecular weight is 445 g/mol. The van der Waals surface area contributed by atoms with E-state index >= 15 is 0 Å². The highest BCUT2D eigenvalue weighted by molar-refractivity contribution is 9.10. The fraction of sp³-hybridized carbons (Fsp3) is 0.188. The van der Waals surface area contributed by atoms with Gasteiger partial charge in [0, 0.05) is 12.1 Å². The Morgan fingerprint density at radius 2 is 2.00 bits per heavy atom. The first-order valence-electron chi connectivity index (χ1n) is 7.36. The van der Waals surface area contributed by atoms with Gasteiger partial charge in [0.1, 0.15) is 0 Å². The molecule has 0 aliphatic rings. The quantitative estimate of drug-likeness (QED) is 0.589. The third kappa shape index (κ3) is 5.84. The summed E-state index contributed by atoms with van der Waals surface area (Å²) in [6.07, 6.45) is 1.18. The van der Waals surface area contributed by atoms with Crippen molar-refractivity contribution >= 4 is 68.1 Å². The minimum atomic E-state index is -0.494. The summed E-state index contributed by atoms with van der Waals surface area (Å²) in [4.78, 5) is 23.7. The maximum absolute atomic E-state index is 12.0. The Morgan fingerprint density at radius 3 is 2.64 bits per heavy atom. The molecule has 25 heavy (non-hydrogen) atoms. The molecule has 2 aromatic rings. The number of halogens is 2. The number of rotatable bonds is 5. The first-order chi connectivity index (χ1) is 11.9. The fourth-order valence-corrected chi connectivity index (χ4v) is 2.58. The average Bonchev–Trinajstić information content (AvgIpc) is 2.97. The molecule has 2 rings (SSSR count). The Balaban J connectivity index is 2.02. The van der Waals surface area contributed by atoms with E-state index in [4.69, 9.17) is 28.2 Å². The lowest BCUT2D eigenvalue weighted by atomic mass is 10.2. The van der Waals surface area contributed by atoms with E-state index in [9.17, 15) is 9.59 Å². The first kappa shape index (κ1) is 19.4. The zero-order valence-electron chi connectivity index (χ0n) is 13.2. The van der Waals surface area contributed by atoms with E-state index in [0.29, 0.717) is 27.5 Å². The number of carbonyl (C=O) groups is 2. The predicted molar refractivity (Wildman–Crippen MR) is 105 cm³/mol. The van der Waals surface area contributed by atoms with Crippen LogP contribution >= 0.6 is 39.7 Å². The summed E-state index contributed by atoms with van der Waals surface area (Å²) in [6, 6.07) is 8.06. The second kappa shape index (κ2) is 8.98. The second-order valence-corrected chi connectivity index (χ2v) is 6.60. The summed E-state index contributed by atoms with van der Waals surface area (Å²) in [5.41, 5.74) is 1.04. The molecular weight excluding hydrogens is 430 g/mol. The molecular formula is C16H15BrClN3O3S. The molecule has 0 unspecified atom stereocenters. The van der Waals surface area contributed by atoms with Crippen LogP contribution in [0, 0.1) is 0 Å². The zero-order valence-corrected chi connectivity index (χ0v) is 16.3. The van der Waals surface area contributed by atoms with Gasteiger partial charge in [0.15, 0.2) is 15.5 Å². The Hall–Kier alpha value is -1.90. The van der Waals surface area contributed by atoms with Crippen LogP contribution in [0.3, 0.4) is 0 Å². The number of nitrogens with one attached hydrogen (secondary N) is 3. The van der Waals surface area contributed by atoms with Crippen LogP contribution in [-0.4, -0.2) is 16.9 Å². The third-order valence-corrected chi connectivity index (χ3v) is 3.96. The number of carbonyl (C=O) groups excluding carboxylic acids is 2. The monoisotopic (exact) mass is 443 g/mol. The zero-order chi connectivity index (χ0) is 18.4. The SMILES string of the molecule is CCCC(=O)Nc1ccc(Cl)c(NC(=S)NC(=O)c2ccc(Br)o2)c1. The lowest BCUT2D eigenvalue weighted by Gasteiger charge is -2.12. The van der Waals surface area contributed by atoms with Gasteiger partial charge in [0.25, 0.3) is 5.91 Å². The number of anilines is 2. The molecule has 3 N–H and O–H groups in total. The first-order valence-corrected chi connectivity index (χ1v) is 8.94. The molecule has 0 spiro atoms. The summed E-state index contributed by atoms with van der Waals surface area (Å²) in [5, 5.41) is 8.52. The molecule has 0 bridgehead atoms. The van der Waals surface area contributed by atoms with E-state index in [-0.39, 0.29) is 16.8 Å². The second-order valence-electron chi connectivity index (χ2n) is 5.00. The van der Waals surface area contributed by atoms with E-state index in [1.54, 1.807) is 24.3 Å². The van der Waals surface area contributed by atoms with Gasteiger partial charge < -0.3 is 15.1 Å². The van der Waals surface area contributed by atoms with Gasteiger partial charge in [-0.3, -0.25) is 14.9 Å². The van der Waals surface area contributed by atoms with Crippen molar-refractivity contribution in [2.45, 2.75) is 19.8 Å². The molecule has 2 amide bonds. The summed E-state index contributed by atoms with van der Waals surface area (Å²) in [5.74, 6) is -0.468. The maximum atomic E-state index is 12.0. The highest BCUT2D eigenvalue weighted by Gasteiger charge is 2.13. The van der Waals surface area contributed by atoms with Crippen LogP contribution in [0.15, 0.2) is 39.4 Å². The van der Waals surface area contributed by atoms with E-state index in [2.05, 4.69) is 31.9 Å². The molecule has 0 aliphatic heterocycles. The number of furan rings is 1. The van der Waals surface area contributed by atoms with E-state index in [0.717, 1.165) is 6.42 Å². The minimum absolute atomic E-state index is 0.0523. The Kier molecular flexibility index (Phi) is 6.98. The van der Waals surface area contributed by atoms with Crippen LogP contribution in [0.1, 0.15) is 30.3 Å². The lowest BCUT2D eigenvalue weighted by Crippen LogP contribution is -2.34. The van der Waals surface area contributed by atoms with Crippen LogP contribution in [0.4, 0.5) is 11.4 Å². The van der Waals surface area contributed by atoms with Crippen molar-refractivity contribution in [2.24, 2.45) is 0 Å². The van der Waals surface area contributed by atoms with Gasteiger partial charge in [-0.25, -0.2) is 0 Å². The largest absolute Gasteiger partial charge is 0.444 e. The van der Waals surface area contributed by atoms with E-state index < -0.39 is 5.91 Å². The van der Waals surface area contributed by atoms with Crippen molar-refractivity contribution in [1.29, 1.82) is 0 Å². The highest BCUT2D eigenvalue weighted by atomic mass is 79.9. The fourth-order valence-electron chi connectivity index (χ4n) is 1.90. The number of thiocarbonyl (C=S) groups is 1. The van der Waals surface area contributed by atoms with Crippen LogP contribution in [-0.2, 0) is 4.79 Å². The van der Waals surface area contributed by atoms with Gasteiger partial charge in [-0.05, 0) is 64.9 Å². The van der Waals surface area contributed by atoms with Crippen molar-refractivity contribution in [3.05, 3.63) is 45.8 Å². The third-order valence-electron chi connectivity index (χ3n) is 3.00. The van der Waals surface area contributed by atoms with Crippen LogP contribution in [0.25, 0.3) is 0 Å². The normalized spacial score (nSPS) is 10.2. The van der Waals surface area contributed by atoms with Gasteiger partial charge in [-0.1, -0.05) is 18.5 Å². The van der Waals surface area contributed by atoms with Gasteiger partial charge in [0.2, 0.25) is 5.91 Å². The molecule has 1 aromatic carbocycles. The van der Waals surface area contributed by atoms with Gasteiger partial charge >= 0.3 is 0 Å². The van der Waals surface area contributed by atoms with E-state index in [1.165, 1.54) is 6.07 Å². The summed E-state index contributed by atoms with van der Waals surface area (Å²) < 4.78 is 5.59. The Bertz CT molecular complexity index is 810.